The third-order valence-electron chi connectivity index (χ3n) is 7.25. The summed E-state index contributed by atoms with van der Waals surface area (Å²) in [5.41, 5.74) is 7.37. The molecule has 2 aromatic carbocycles. The minimum atomic E-state index is 0.162. The molecule has 1 aromatic heterocycles. The van der Waals surface area contributed by atoms with E-state index in [9.17, 15) is 0 Å². The van der Waals surface area contributed by atoms with E-state index in [2.05, 4.69) is 111 Å². The molecule has 0 aliphatic heterocycles. The van der Waals surface area contributed by atoms with Gasteiger partial charge in [-0.1, -0.05) is 116 Å². The van der Waals surface area contributed by atoms with Crippen LogP contribution in [0.2, 0.25) is 0 Å². The predicted octanol–water partition coefficient (Wildman–Crippen LogP) is 8.81. The molecule has 0 bridgehead atoms. The number of nitrogens with zero attached hydrogens (tertiary/aromatic N) is 3. The van der Waals surface area contributed by atoms with E-state index in [1.807, 2.05) is 19.1 Å². The number of hydrogen-bond donors (Lipinski definition) is 0. The third kappa shape index (κ3) is 5.89. The second kappa shape index (κ2) is 12.0. The van der Waals surface area contributed by atoms with Gasteiger partial charge in [-0.25, -0.2) is 15.0 Å². The Balaban J connectivity index is 1.46. The molecule has 0 radical (unpaired) electrons. The van der Waals surface area contributed by atoms with Crippen LogP contribution in [0.3, 0.4) is 0 Å². The Morgan fingerprint density at radius 2 is 1.71 bits per heavy atom. The van der Waals surface area contributed by atoms with Crippen molar-refractivity contribution in [3.05, 3.63) is 138 Å². The SMILES string of the molecule is C/C=C\C=C(/C)c1nc(-c2ccc(C3=C/CC(C)c4ccccc4C/C=C\3)cc2)nc(C2C=CC=CC2)n1. The highest BCUT2D eigenvalue weighted by atomic mass is 15.0. The highest BCUT2D eigenvalue weighted by molar-refractivity contribution is 5.76. The summed E-state index contributed by atoms with van der Waals surface area (Å²) in [6.07, 6.45) is 24.4. The van der Waals surface area contributed by atoms with Crippen molar-refractivity contribution in [2.45, 2.75) is 51.9 Å². The molecule has 190 valence electrons. The normalized spacial score (nSPS) is 21.8. The first kappa shape index (κ1) is 25.5. The van der Waals surface area contributed by atoms with Crippen LogP contribution in [0.1, 0.15) is 73.8 Å². The zero-order valence-electron chi connectivity index (χ0n) is 22.5. The van der Waals surface area contributed by atoms with Crippen molar-refractivity contribution in [2.24, 2.45) is 0 Å². The van der Waals surface area contributed by atoms with Crippen molar-refractivity contribution in [3.63, 3.8) is 0 Å². The van der Waals surface area contributed by atoms with Gasteiger partial charge < -0.3 is 0 Å². The van der Waals surface area contributed by atoms with Crippen molar-refractivity contribution in [1.29, 1.82) is 0 Å². The van der Waals surface area contributed by atoms with E-state index in [1.54, 1.807) is 0 Å². The highest BCUT2D eigenvalue weighted by Crippen LogP contribution is 2.30. The molecule has 2 aliphatic rings. The first-order valence-corrected chi connectivity index (χ1v) is 13.6. The van der Waals surface area contributed by atoms with Crippen LogP contribution in [0.15, 0.2) is 109 Å². The molecule has 5 rings (SSSR count). The standard InChI is InChI=1S/C35H35N3/c1-4-5-12-26(3)33-36-34(30-14-7-6-8-15-30)38-35(37-33)31-23-21-28(22-24-31)27-16-11-17-29-13-9-10-18-32(29)25(2)19-20-27/h4-14,16,18,20-25,30H,15,17,19H2,1-3H3/b5-4-,16-11-,26-12+,27-20+. The Morgan fingerprint density at radius 3 is 2.50 bits per heavy atom. The smallest absolute Gasteiger partial charge is 0.163 e. The topological polar surface area (TPSA) is 38.7 Å². The van der Waals surface area contributed by atoms with Crippen molar-refractivity contribution >= 4 is 11.1 Å². The second-order valence-corrected chi connectivity index (χ2v) is 10.1. The van der Waals surface area contributed by atoms with Crippen LogP contribution in [-0.4, -0.2) is 15.0 Å². The Morgan fingerprint density at radius 1 is 0.895 bits per heavy atom. The highest BCUT2D eigenvalue weighted by Gasteiger charge is 2.17. The van der Waals surface area contributed by atoms with Gasteiger partial charge in [0.25, 0.3) is 0 Å². The van der Waals surface area contributed by atoms with Crippen LogP contribution in [0.5, 0.6) is 0 Å². The largest absolute Gasteiger partial charge is 0.213 e. The quantitative estimate of drug-likeness (QED) is 0.331. The average Bonchev–Trinajstić information content (AvgIpc) is 3.05. The van der Waals surface area contributed by atoms with Gasteiger partial charge in [-0.3, -0.25) is 0 Å². The lowest BCUT2D eigenvalue weighted by atomic mass is 9.91. The number of hydrogen-bond acceptors (Lipinski definition) is 3. The lowest BCUT2D eigenvalue weighted by molar-refractivity contribution is 0.756. The Hall–Kier alpha value is -4.11. The zero-order valence-corrected chi connectivity index (χ0v) is 22.5. The maximum absolute atomic E-state index is 4.92. The fraction of sp³-hybridized carbons (Fsp3) is 0.229. The van der Waals surface area contributed by atoms with Gasteiger partial charge >= 0.3 is 0 Å². The fourth-order valence-electron chi connectivity index (χ4n) is 4.99. The van der Waals surface area contributed by atoms with Crippen LogP contribution in [-0.2, 0) is 6.42 Å². The van der Waals surface area contributed by atoms with Gasteiger partial charge in [0.2, 0.25) is 0 Å². The van der Waals surface area contributed by atoms with E-state index >= 15 is 0 Å². The van der Waals surface area contributed by atoms with Crippen LogP contribution in [0, 0.1) is 0 Å². The lowest BCUT2D eigenvalue weighted by Gasteiger charge is -2.14. The monoisotopic (exact) mass is 497 g/mol. The minimum Gasteiger partial charge on any atom is -0.213 e. The Kier molecular flexibility index (Phi) is 8.04. The molecule has 2 aliphatic carbocycles. The summed E-state index contributed by atoms with van der Waals surface area (Å²) < 4.78 is 0. The predicted molar refractivity (Wildman–Crippen MR) is 160 cm³/mol. The fourth-order valence-corrected chi connectivity index (χ4v) is 4.99. The number of allylic oxidation sites excluding steroid dienone is 12. The summed E-state index contributed by atoms with van der Waals surface area (Å²) in [4.78, 5) is 14.6. The molecular weight excluding hydrogens is 462 g/mol. The zero-order chi connectivity index (χ0) is 26.3. The van der Waals surface area contributed by atoms with Crippen molar-refractivity contribution in [3.8, 4) is 11.4 Å². The molecule has 0 fully saturated rings. The van der Waals surface area contributed by atoms with Gasteiger partial charge in [-0.2, -0.15) is 0 Å². The molecule has 3 aromatic rings. The van der Waals surface area contributed by atoms with E-state index in [0.29, 0.717) is 5.92 Å². The average molecular weight is 498 g/mol. The Bertz CT molecular complexity index is 1470. The molecule has 0 amide bonds. The maximum atomic E-state index is 4.92. The van der Waals surface area contributed by atoms with E-state index in [0.717, 1.165) is 47.9 Å². The van der Waals surface area contributed by atoms with Crippen LogP contribution in [0.4, 0.5) is 0 Å². The van der Waals surface area contributed by atoms with Crippen molar-refractivity contribution in [2.75, 3.05) is 0 Å². The summed E-state index contributed by atoms with van der Waals surface area (Å²) in [7, 11) is 0. The molecule has 0 spiro atoms. The van der Waals surface area contributed by atoms with Gasteiger partial charge in [0.15, 0.2) is 11.6 Å². The molecule has 0 saturated carbocycles. The van der Waals surface area contributed by atoms with E-state index in [1.165, 1.54) is 22.3 Å². The summed E-state index contributed by atoms with van der Waals surface area (Å²) in [5.74, 6) is 2.92. The van der Waals surface area contributed by atoms with E-state index < -0.39 is 0 Å². The minimum absolute atomic E-state index is 0.162. The molecule has 2 atom stereocenters. The first-order valence-electron chi connectivity index (χ1n) is 13.6. The first-order chi connectivity index (χ1) is 18.6. The number of aromatic nitrogens is 3. The van der Waals surface area contributed by atoms with Gasteiger partial charge in [0, 0.05) is 11.5 Å². The van der Waals surface area contributed by atoms with Crippen molar-refractivity contribution in [1.82, 2.24) is 15.0 Å². The molecule has 2 unspecified atom stereocenters. The number of fused-ring (bicyclic) bond motifs is 1. The van der Waals surface area contributed by atoms with Crippen LogP contribution in [0.25, 0.3) is 22.5 Å². The van der Waals surface area contributed by atoms with Crippen LogP contribution >= 0.6 is 0 Å². The Labute approximate surface area is 226 Å². The molecule has 38 heavy (non-hydrogen) atoms. The third-order valence-corrected chi connectivity index (χ3v) is 7.25. The summed E-state index contributed by atoms with van der Waals surface area (Å²) in [6.45, 7) is 6.38. The molecule has 1 heterocycles. The van der Waals surface area contributed by atoms with Gasteiger partial charge in [0.1, 0.15) is 5.82 Å². The maximum Gasteiger partial charge on any atom is 0.163 e. The molecule has 3 heteroatoms. The molecule has 3 nitrogen and oxygen atoms in total. The summed E-state index contributed by atoms with van der Waals surface area (Å²) in [5, 5.41) is 0. The van der Waals surface area contributed by atoms with Crippen molar-refractivity contribution < 1.29 is 0 Å². The number of benzene rings is 2. The summed E-state index contributed by atoms with van der Waals surface area (Å²) in [6, 6.07) is 17.5. The lowest BCUT2D eigenvalue weighted by Crippen LogP contribution is -2.09. The van der Waals surface area contributed by atoms with Gasteiger partial charge in [-0.05, 0) is 66.9 Å². The molecular formula is C35H35N3. The van der Waals surface area contributed by atoms with Gasteiger partial charge in [0.05, 0.1) is 0 Å². The van der Waals surface area contributed by atoms with Crippen LogP contribution < -0.4 is 0 Å². The second-order valence-electron chi connectivity index (χ2n) is 10.1. The van der Waals surface area contributed by atoms with E-state index in [4.69, 9.17) is 15.0 Å². The van der Waals surface area contributed by atoms with Gasteiger partial charge in [-0.15, -0.1) is 0 Å². The number of rotatable bonds is 5. The summed E-state index contributed by atoms with van der Waals surface area (Å²) >= 11 is 0. The van der Waals surface area contributed by atoms with E-state index in [-0.39, 0.29) is 5.92 Å². The molecule has 0 saturated heterocycles. The molecule has 0 N–H and O–H groups in total.